The molecule has 0 radical (unpaired) electrons. The highest BCUT2D eigenvalue weighted by atomic mass is 32.2. The number of amides is 2. The lowest BCUT2D eigenvalue weighted by Gasteiger charge is -2.23. The van der Waals surface area contributed by atoms with Gasteiger partial charge in [0.2, 0.25) is 5.91 Å². The molecule has 0 aliphatic carbocycles. The quantitative estimate of drug-likeness (QED) is 0.877. The fraction of sp³-hybridized carbons (Fsp3) is 0.467. The number of hydrogen-bond acceptors (Lipinski definition) is 4. The Bertz CT molecular complexity index is 493. The van der Waals surface area contributed by atoms with Gasteiger partial charge in [-0.15, -0.1) is 11.8 Å². The van der Waals surface area contributed by atoms with Crippen LogP contribution in [0, 0.1) is 0 Å². The van der Waals surface area contributed by atoms with Crippen molar-refractivity contribution < 1.29 is 9.59 Å². The van der Waals surface area contributed by atoms with Crippen molar-refractivity contribution in [3.8, 4) is 0 Å². The number of rotatable bonds is 5. The molecule has 0 bridgehead atoms. The number of nitrogens with one attached hydrogen (secondary N) is 1. The summed E-state index contributed by atoms with van der Waals surface area (Å²) < 4.78 is 0. The van der Waals surface area contributed by atoms with Gasteiger partial charge in [-0.2, -0.15) is 0 Å². The third kappa shape index (κ3) is 4.22. The summed E-state index contributed by atoms with van der Waals surface area (Å²) in [7, 11) is 3.92. The van der Waals surface area contributed by atoms with Crippen LogP contribution < -0.4 is 5.32 Å². The third-order valence-corrected chi connectivity index (χ3v) is 4.34. The maximum Gasteiger partial charge on any atom is 0.255 e. The fourth-order valence-corrected chi connectivity index (χ4v) is 3.28. The van der Waals surface area contributed by atoms with Crippen LogP contribution in [0.3, 0.4) is 0 Å². The molecule has 1 N–H and O–H groups in total. The molecule has 0 aromatic heterocycles. The second-order valence-electron chi connectivity index (χ2n) is 5.25. The zero-order valence-electron chi connectivity index (χ0n) is 12.4. The average molecular weight is 307 g/mol. The average Bonchev–Trinajstić information content (AvgIpc) is 2.96. The summed E-state index contributed by atoms with van der Waals surface area (Å²) in [5.41, 5.74) is 0.631. The van der Waals surface area contributed by atoms with Gasteiger partial charge in [0, 0.05) is 24.4 Å². The summed E-state index contributed by atoms with van der Waals surface area (Å²) in [6.45, 7) is 1.39. The van der Waals surface area contributed by atoms with Crippen molar-refractivity contribution in [3.63, 3.8) is 0 Å². The first-order chi connectivity index (χ1) is 10.1. The molecule has 1 aliphatic heterocycles. The molecule has 21 heavy (non-hydrogen) atoms. The highest BCUT2D eigenvalue weighted by molar-refractivity contribution is 7.99. The summed E-state index contributed by atoms with van der Waals surface area (Å²) in [5.74, 6) is 1.09. The van der Waals surface area contributed by atoms with Gasteiger partial charge in [-0.25, -0.2) is 0 Å². The smallest absolute Gasteiger partial charge is 0.255 e. The Morgan fingerprint density at radius 1 is 1.33 bits per heavy atom. The minimum Gasteiger partial charge on any atom is -0.353 e. The van der Waals surface area contributed by atoms with E-state index in [1.165, 1.54) is 0 Å². The summed E-state index contributed by atoms with van der Waals surface area (Å²) in [6, 6.07) is 8.75. The molecule has 1 atom stereocenters. The van der Waals surface area contributed by atoms with E-state index in [1.54, 1.807) is 28.8 Å². The van der Waals surface area contributed by atoms with Crippen LogP contribution in [0.2, 0.25) is 0 Å². The van der Waals surface area contributed by atoms with Gasteiger partial charge in [0.05, 0.1) is 5.88 Å². The number of hydrogen-bond donors (Lipinski definition) is 1. The number of thioether (sulfide) groups is 1. The largest absolute Gasteiger partial charge is 0.353 e. The van der Waals surface area contributed by atoms with E-state index in [4.69, 9.17) is 0 Å². The van der Waals surface area contributed by atoms with E-state index in [2.05, 4.69) is 5.32 Å². The monoisotopic (exact) mass is 307 g/mol. The van der Waals surface area contributed by atoms with E-state index in [1.807, 2.05) is 37.2 Å². The molecule has 1 aromatic rings. The molecule has 1 heterocycles. The second-order valence-corrected chi connectivity index (χ2v) is 6.25. The van der Waals surface area contributed by atoms with Crippen LogP contribution >= 0.6 is 11.8 Å². The van der Waals surface area contributed by atoms with Crippen LogP contribution in [0.15, 0.2) is 30.3 Å². The maximum atomic E-state index is 12.5. The summed E-state index contributed by atoms with van der Waals surface area (Å²) in [4.78, 5) is 28.4. The van der Waals surface area contributed by atoms with E-state index < -0.39 is 0 Å². The van der Waals surface area contributed by atoms with Crippen LogP contribution in [-0.2, 0) is 4.79 Å². The number of benzene rings is 1. The normalized spacial score (nSPS) is 18.0. The van der Waals surface area contributed by atoms with Gasteiger partial charge in [-0.1, -0.05) is 18.2 Å². The molecule has 2 rings (SSSR count). The molecule has 2 amide bonds. The van der Waals surface area contributed by atoms with Gasteiger partial charge in [0.25, 0.3) is 5.91 Å². The number of likely N-dealkylation sites (N-methyl/N-ethyl adjacent to an activating group) is 1. The number of nitrogens with zero attached hydrogens (tertiary/aromatic N) is 2. The van der Waals surface area contributed by atoms with E-state index in [-0.39, 0.29) is 17.9 Å². The second kappa shape index (κ2) is 7.47. The zero-order chi connectivity index (χ0) is 15.2. The molecule has 1 aromatic carbocycles. The Kier molecular flexibility index (Phi) is 5.64. The van der Waals surface area contributed by atoms with Gasteiger partial charge in [0.15, 0.2) is 0 Å². The minimum absolute atomic E-state index is 0.0638. The van der Waals surface area contributed by atoms with Crippen LogP contribution in [0.5, 0.6) is 0 Å². The lowest BCUT2D eigenvalue weighted by Crippen LogP contribution is -2.48. The molecular formula is C15H21N3O2S. The van der Waals surface area contributed by atoms with Crippen molar-refractivity contribution in [3.05, 3.63) is 35.9 Å². The first-order valence-corrected chi connectivity index (χ1v) is 8.11. The molecule has 5 nitrogen and oxygen atoms in total. The molecule has 1 fully saturated rings. The Morgan fingerprint density at radius 3 is 2.71 bits per heavy atom. The van der Waals surface area contributed by atoms with E-state index in [0.717, 1.165) is 6.54 Å². The van der Waals surface area contributed by atoms with Gasteiger partial charge in [0.1, 0.15) is 6.04 Å². The summed E-state index contributed by atoms with van der Waals surface area (Å²) in [5, 5.41) is 2.90. The third-order valence-electron chi connectivity index (χ3n) is 3.32. The summed E-state index contributed by atoms with van der Waals surface area (Å²) in [6.07, 6.45) is 0. The van der Waals surface area contributed by atoms with Crippen LogP contribution in [0.25, 0.3) is 0 Å². The molecule has 1 unspecified atom stereocenters. The van der Waals surface area contributed by atoms with Crippen molar-refractivity contribution in [1.82, 2.24) is 15.1 Å². The first kappa shape index (κ1) is 15.9. The Hall–Kier alpha value is -1.53. The van der Waals surface area contributed by atoms with Gasteiger partial charge in [-0.05, 0) is 26.2 Å². The van der Waals surface area contributed by atoms with Crippen LogP contribution in [0.4, 0.5) is 0 Å². The van der Waals surface area contributed by atoms with Crippen molar-refractivity contribution >= 4 is 23.6 Å². The molecule has 6 heteroatoms. The first-order valence-electron chi connectivity index (χ1n) is 6.96. The predicted molar refractivity (Wildman–Crippen MR) is 85.3 cm³/mol. The van der Waals surface area contributed by atoms with Crippen molar-refractivity contribution in [2.24, 2.45) is 0 Å². The van der Waals surface area contributed by atoms with E-state index in [0.29, 0.717) is 23.7 Å². The Labute approximate surface area is 129 Å². The van der Waals surface area contributed by atoms with Gasteiger partial charge < -0.3 is 15.1 Å². The van der Waals surface area contributed by atoms with Crippen LogP contribution in [-0.4, -0.2) is 66.5 Å². The predicted octanol–water partition coefficient (Wildman–Crippen LogP) is 0.880. The SMILES string of the molecule is CN(C)CCNC(=O)C1CSCN1C(=O)c1ccccc1. The van der Waals surface area contributed by atoms with E-state index >= 15 is 0 Å². The van der Waals surface area contributed by atoms with Gasteiger partial charge >= 0.3 is 0 Å². The highest BCUT2D eigenvalue weighted by Crippen LogP contribution is 2.23. The molecule has 0 saturated carbocycles. The molecule has 114 valence electrons. The maximum absolute atomic E-state index is 12.5. The summed E-state index contributed by atoms with van der Waals surface area (Å²) >= 11 is 1.62. The standard InChI is InChI=1S/C15H21N3O2S/c1-17(2)9-8-16-14(19)13-10-21-11-18(13)15(20)12-6-4-3-5-7-12/h3-7,13H,8-11H2,1-2H3,(H,16,19). The highest BCUT2D eigenvalue weighted by Gasteiger charge is 2.34. The van der Waals surface area contributed by atoms with E-state index in [9.17, 15) is 9.59 Å². The molecule has 0 spiro atoms. The Morgan fingerprint density at radius 2 is 2.05 bits per heavy atom. The Balaban J connectivity index is 1.96. The van der Waals surface area contributed by atoms with Gasteiger partial charge in [-0.3, -0.25) is 9.59 Å². The topological polar surface area (TPSA) is 52.7 Å². The van der Waals surface area contributed by atoms with Crippen molar-refractivity contribution in [2.75, 3.05) is 38.8 Å². The molecular weight excluding hydrogens is 286 g/mol. The lowest BCUT2D eigenvalue weighted by atomic mass is 10.1. The minimum atomic E-state index is -0.370. The van der Waals surface area contributed by atoms with Crippen LogP contribution in [0.1, 0.15) is 10.4 Å². The van der Waals surface area contributed by atoms with Crippen molar-refractivity contribution in [2.45, 2.75) is 6.04 Å². The van der Waals surface area contributed by atoms with Crippen molar-refractivity contribution in [1.29, 1.82) is 0 Å². The zero-order valence-corrected chi connectivity index (χ0v) is 13.2. The fourth-order valence-electron chi connectivity index (χ4n) is 2.13. The lowest BCUT2D eigenvalue weighted by molar-refractivity contribution is -0.124. The molecule has 1 aliphatic rings. The number of carbonyl (C=O) groups is 2. The molecule has 1 saturated heterocycles. The number of carbonyl (C=O) groups excluding carboxylic acids is 2.